The van der Waals surface area contributed by atoms with Crippen molar-refractivity contribution in [2.75, 3.05) is 32.2 Å². The Morgan fingerprint density at radius 3 is 2.42 bits per heavy atom. The number of hydrogen-bond donors (Lipinski definition) is 1. The second-order valence-electron chi connectivity index (χ2n) is 8.66. The molecule has 11 heteroatoms. The van der Waals surface area contributed by atoms with Crippen LogP contribution in [-0.4, -0.2) is 54.8 Å². The molecule has 0 aliphatic rings. The Labute approximate surface area is 232 Å². The number of nitro benzene ring substituents is 1. The summed E-state index contributed by atoms with van der Waals surface area (Å²) in [5, 5.41) is 14.1. The number of para-hydroxylation sites is 2. The lowest BCUT2D eigenvalue weighted by Crippen LogP contribution is -2.36. The minimum absolute atomic E-state index is 0.0947. The number of methoxy groups -OCH3 is 1. The maximum absolute atomic E-state index is 13.3. The number of nitro groups is 1. The summed E-state index contributed by atoms with van der Waals surface area (Å²) in [6.07, 6.45) is -0.310. The van der Waals surface area contributed by atoms with Crippen LogP contribution in [0.15, 0.2) is 72.8 Å². The molecule has 0 fully saturated rings. The van der Waals surface area contributed by atoms with Gasteiger partial charge in [-0.25, -0.2) is 9.59 Å². The van der Waals surface area contributed by atoms with Crippen LogP contribution in [0.2, 0.25) is 0 Å². The summed E-state index contributed by atoms with van der Waals surface area (Å²) in [5.41, 5.74) is 0.627. The second-order valence-corrected chi connectivity index (χ2v) is 8.66. The van der Waals surface area contributed by atoms with Crippen molar-refractivity contribution in [1.82, 2.24) is 4.90 Å². The van der Waals surface area contributed by atoms with Crippen LogP contribution in [0.1, 0.15) is 25.8 Å². The van der Waals surface area contributed by atoms with E-state index in [2.05, 4.69) is 5.32 Å². The van der Waals surface area contributed by atoms with E-state index in [9.17, 15) is 19.7 Å². The highest BCUT2D eigenvalue weighted by atomic mass is 16.6. The smallest absolute Gasteiger partial charge is 0.347 e. The van der Waals surface area contributed by atoms with Crippen LogP contribution < -0.4 is 19.5 Å². The van der Waals surface area contributed by atoms with Gasteiger partial charge in [0.15, 0.2) is 6.10 Å². The van der Waals surface area contributed by atoms with Gasteiger partial charge in [-0.05, 0) is 68.3 Å². The lowest BCUT2D eigenvalue weighted by Gasteiger charge is -2.24. The molecule has 0 aliphatic carbocycles. The lowest BCUT2D eigenvalue weighted by molar-refractivity contribution is -0.383. The number of carbonyl (C=O) groups is 2. The van der Waals surface area contributed by atoms with Crippen molar-refractivity contribution in [3.8, 4) is 17.2 Å². The molecule has 0 radical (unpaired) electrons. The van der Waals surface area contributed by atoms with Gasteiger partial charge in [0, 0.05) is 19.2 Å². The Balaban J connectivity index is 1.71. The second kappa shape index (κ2) is 15.0. The summed E-state index contributed by atoms with van der Waals surface area (Å²) in [5.74, 6) is 1.35. The summed E-state index contributed by atoms with van der Waals surface area (Å²) in [7, 11) is 1.59. The largest absolute Gasteiger partial charge is 0.497 e. The number of carbonyl (C=O) groups excluding carboxylic acids is 2. The summed E-state index contributed by atoms with van der Waals surface area (Å²) < 4.78 is 21.7. The van der Waals surface area contributed by atoms with Crippen molar-refractivity contribution in [2.45, 2.75) is 32.9 Å². The zero-order valence-electron chi connectivity index (χ0n) is 22.7. The normalized spacial score (nSPS) is 11.2. The van der Waals surface area contributed by atoms with E-state index in [1.165, 1.54) is 23.1 Å². The number of ether oxygens (including phenoxy) is 4. The number of nitrogens with zero attached hydrogens (tertiary/aromatic N) is 2. The Hall–Kier alpha value is -4.80. The average molecular weight is 552 g/mol. The van der Waals surface area contributed by atoms with E-state index in [0.717, 1.165) is 5.56 Å². The average Bonchev–Trinajstić information content (AvgIpc) is 2.95. The molecule has 3 rings (SSSR count). The minimum Gasteiger partial charge on any atom is -0.497 e. The van der Waals surface area contributed by atoms with Crippen molar-refractivity contribution in [3.05, 3.63) is 88.5 Å². The first kappa shape index (κ1) is 29.8. The molecule has 1 N–H and O–H groups in total. The summed E-state index contributed by atoms with van der Waals surface area (Å²) in [6, 6.07) is 19.6. The van der Waals surface area contributed by atoms with Crippen LogP contribution in [0.5, 0.6) is 17.2 Å². The molecule has 0 saturated heterocycles. The fourth-order valence-electron chi connectivity index (χ4n) is 3.75. The standard InChI is InChI=1S/C29H33N3O8/c1-4-38-28(33)21(2)40-25-10-7-9-22(19-25)20-31(17-8-18-39-24-15-13-23(37-3)14-16-24)29(34)30-26-11-5-6-12-27(26)32(35)36/h5-7,9-16,19,21H,4,8,17-18,20H2,1-3H3,(H,30,34). The van der Waals surface area contributed by atoms with Crippen LogP contribution in [0.3, 0.4) is 0 Å². The Kier molecular flexibility index (Phi) is 11.1. The van der Waals surface area contributed by atoms with Crippen molar-refractivity contribution in [3.63, 3.8) is 0 Å². The Morgan fingerprint density at radius 2 is 1.73 bits per heavy atom. The third-order valence-corrected chi connectivity index (χ3v) is 5.73. The molecule has 0 aromatic heterocycles. The van der Waals surface area contributed by atoms with E-state index in [-0.39, 0.29) is 24.5 Å². The van der Waals surface area contributed by atoms with E-state index in [0.29, 0.717) is 36.8 Å². The molecule has 0 spiro atoms. The maximum atomic E-state index is 13.3. The third kappa shape index (κ3) is 8.90. The van der Waals surface area contributed by atoms with Gasteiger partial charge in [0.25, 0.3) is 5.69 Å². The van der Waals surface area contributed by atoms with Gasteiger partial charge in [0.05, 0.1) is 25.2 Å². The summed E-state index contributed by atoms with van der Waals surface area (Å²) in [4.78, 5) is 37.7. The summed E-state index contributed by atoms with van der Waals surface area (Å²) >= 11 is 0. The van der Waals surface area contributed by atoms with Gasteiger partial charge in [0.1, 0.15) is 22.9 Å². The van der Waals surface area contributed by atoms with Crippen molar-refractivity contribution >= 4 is 23.4 Å². The van der Waals surface area contributed by atoms with Gasteiger partial charge >= 0.3 is 12.0 Å². The van der Waals surface area contributed by atoms with Crippen molar-refractivity contribution in [2.24, 2.45) is 0 Å². The lowest BCUT2D eigenvalue weighted by atomic mass is 10.2. The topological polar surface area (TPSA) is 129 Å². The van der Waals surface area contributed by atoms with Gasteiger partial charge in [0.2, 0.25) is 0 Å². The first-order valence-corrected chi connectivity index (χ1v) is 12.8. The number of benzene rings is 3. The van der Waals surface area contributed by atoms with Gasteiger partial charge in [-0.3, -0.25) is 10.1 Å². The molecule has 1 atom stereocenters. The highest BCUT2D eigenvalue weighted by Gasteiger charge is 2.20. The van der Waals surface area contributed by atoms with Crippen LogP contribution in [0.25, 0.3) is 0 Å². The SMILES string of the molecule is CCOC(=O)C(C)Oc1cccc(CN(CCCOc2ccc(OC)cc2)C(=O)Nc2ccccc2[N+](=O)[O-])c1. The van der Waals surface area contributed by atoms with Crippen LogP contribution in [0, 0.1) is 10.1 Å². The number of rotatable bonds is 14. The van der Waals surface area contributed by atoms with Crippen LogP contribution in [0.4, 0.5) is 16.2 Å². The molecule has 0 saturated carbocycles. The fraction of sp³-hybridized carbons (Fsp3) is 0.310. The molecular weight excluding hydrogens is 518 g/mol. The molecule has 3 aromatic carbocycles. The molecule has 212 valence electrons. The molecule has 0 aliphatic heterocycles. The maximum Gasteiger partial charge on any atom is 0.347 e. The van der Waals surface area contributed by atoms with E-state index in [1.54, 1.807) is 69.5 Å². The molecular formula is C29H33N3O8. The molecule has 0 heterocycles. The zero-order valence-corrected chi connectivity index (χ0v) is 22.7. The number of nitrogens with one attached hydrogen (secondary N) is 1. The Bertz CT molecular complexity index is 1280. The fourth-order valence-corrected chi connectivity index (χ4v) is 3.75. The molecule has 11 nitrogen and oxygen atoms in total. The number of hydrogen-bond acceptors (Lipinski definition) is 8. The van der Waals surface area contributed by atoms with E-state index >= 15 is 0 Å². The molecule has 0 bridgehead atoms. The third-order valence-electron chi connectivity index (χ3n) is 5.73. The first-order valence-electron chi connectivity index (χ1n) is 12.8. The predicted octanol–water partition coefficient (Wildman–Crippen LogP) is 5.44. The zero-order chi connectivity index (χ0) is 28.9. The van der Waals surface area contributed by atoms with Gasteiger partial charge in [-0.1, -0.05) is 24.3 Å². The highest BCUT2D eigenvalue weighted by Crippen LogP contribution is 2.24. The van der Waals surface area contributed by atoms with E-state index in [4.69, 9.17) is 18.9 Å². The van der Waals surface area contributed by atoms with Crippen molar-refractivity contribution in [1.29, 1.82) is 0 Å². The van der Waals surface area contributed by atoms with Crippen LogP contribution in [-0.2, 0) is 16.1 Å². The van der Waals surface area contributed by atoms with Gasteiger partial charge < -0.3 is 29.2 Å². The number of esters is 1. The number of amides is 2. The monoisotopic (exact) mass is 551 g/mol. The minimum atomic E-state index is -0.802. The highest BCUT2D eigenvalue weighted by molar-refractivity contribution is 5.91. The van der Waals surface area contributed by atoms with Crippen molar-refractivity contribution < 1.29 is 33.5 Å². The van der Waals surface area contributed by atoms with Gasteiger partial charge in [-0.15, -0.1) is 0 Å². The number of urea groups is 1. The van der Waals surface area contributed by atoms with Crippen LogP contribution >= 0.6 is 0 Å². The summed E-state index contributed by atoms with van der Waals surface area (Å²) in [6.45, 7) is 4.38. The Morgan fingerprint density at radius 1 is 1.00 bits per heavy atom. The molecule has 2 amide bonds. The van der Waals surface area contributed by atoms with Gasteiger partial charge in [-0.2, -0.15) is 0 Å². The van der Waals surface area contributed by atoms with E-state index in [1.807, 2.05) is 6.07 Å². The van der Waals surface area contributed by atoms with E-state index < -0.39 is 23.0 Å². The number of anilines is 1. The molecule has 3 aromatic rings. The predicted molar refractivity (Wildman–Crippen MR) is 149 cm³/mol. The quantitative estimate of drug-likeness (QED) is 0.121. The first-order chi connectivity index (χ1) is 19.3. The molecule has 1 unspecified atom stereocenters. The molecule has 40 heavy (non-hydrogen) atoms.